The monoisotopic (exact) mass is 246 g/mol. The predicted octanol–water partition coefficient (Wildman–Crippen LogP) is 2.79. The lowest BCUT2D eigenvalue weighted by Gasteiger charge is -2.28. The third kappa shape index (κ3) is 2.52. The molecule has 0 aliphatic heterocycles. The molecule has 0 N–H and O–H groups in total. The van der Waals surface area contributed by atoms with Crippen molar-refractivity contribution >= 4 is 21.4 Å². The molecule has 0 heterocycles. The van der Waals surface area contributed by atoms with Crippen LogP contribution in [0.1, 0.15) is 24.8 Å². The molecule has 1 rings (SSSR count). The zero-order valence-corrected chi connectivity index (χ0v) is 10.6. The van der Waals surface area contributed by atoms with Gasteiger partial charge in [0, 0.05) is 6.26 Å². The minimum Gasteiger partial charge on any atom is -0.229 e. The third-order valence-corrected chi connectivity index (χ3v) is 5.73. The molecule has 84 valence electrons. The van der Waals surface area contributed by atoms with Gasteiger partial charge in [0.1, 0.15) is 0 Å². The van der Waals surface area contributed by atoms with Crippen molar-refractivity contribution in [3.05, 3.63) is 35.9 Å². The maximum absolute atomic E-state index is 11.6. The molecule has 1 aromatic rings. The molecule has 0 radical (unpaired) electrons. The Balaban J connectivity index is 3.11. The second-order valence-corrected chi connectivity index (χ2v) is 7.18. The third-order valence-electron chi connectivity index (χ3n) is 2.66. The van der Waals surface area contributed by atoms with E-state index < -0.39 is 20.0 Å². The molecule has 0 saturated heterocycles. The number of sulfone groups is 1. The predicted molar refractivity (Wildman–Crippen MR) is 64.0 cm³/mol. The molecule has 0 spiro atoms. The fourth-order valence-corrected chi connectivity index (χ4v) is 2.35. The van der Waals surface area contributed by atoms with Crippen LogP contribution in [0.2, 0.25) is 0 Å². The van der Waals surface area contributed by atoms with Crippen LogP contribution in [0.15, 0.2) is 30.3 Å². The molecule has 4 heteroatoms. The lowest BCUT2D eigenvalue weighted by Crippen LogP contribution is -2.35. The van der Waals surface area contributed by atoms with E-state index in [0.29, 0.717) is 0 Å². The Morgan fingerprint density at radius 1 is 1.20 bits per heavy atom. The summed E-state index contributed by atoms with van der Waals surface area (Å²) >= 11 is 6.20. The standard InChI is InChI=1S/C11H15ClO2S/c1-11(2,15(3,13)14)10(12)9-7-5-4-6-8-9/h4-8,10H,1-3H3. The summed E-state index contributed by atoms with van der Waals surface area (Å²) in [6.45, 7) is 3.29. The van der Waals surface area contributed by atoms with Crippen LogP contribution in [-0.4, -0.2) is 19.4 Å². The van der Waals surface area contributed by atoms with Gasteiger partial charge in [-0.1, -0.05) is 30.3 Å². The molecule has 0 fully saturated rings. The van der Waals surface area contributed by atoms with Crippen LogP contribution in [0.3, 0.4) is 0 Å². The quantitative estimate of drug-likeness (QED) is 0.769. The van der Waals surface area contributed by atoms with Crippen molar-refractivity contribution in [1.29, 1.82) is 0 Å². The van der Waals surface area contributed by atoms with E-state index in [-0.39, 0.29) is 0 Å². The first-order chi connectivity index (χ1) is 6.77. The van der Waals surface area contributed by atoms with E-state index in [1.807, 2.05) is 30.3 Å². The summed E-state index contributed by atoms with van der Waals surface area (Å²) in [6.07, 6.45) is 1.21. The minimum absolute atomic E-state index is 0.534. The summed E-state index contributed by atoms with van der Waals surface area (Å²) < 4.78 is 22.2. The second kappa shape index (κ2) is 4.14. The van der Waals surface area contributed by atoms with Crippen LogP contribution in [-0.2, 0) is 9.84 Å². The van der Waals surface area contributed by atoms with Gasteiger partial charge in [-0.3, -0.25) is 0 Å². The molecule has 15 heavy (non-hydrogen) atoms. The van der Waals surface area contributed by atoms with Gasteiger partial charge in [0.05, 0.1) is 10.1 Å². The number of hydrogen-bond acceptors (Lipinski definition) is 2. The molecule has 0 amide bonds. The first-order valence-corrected chi connectivity index (χ1v) is 6.98. The Morgan fingerprint density at radius 3 is 2.07 bits per heavy atom. The zero-order valence-electron chi connectivity index (χ0n) is 9.07. The van der Waals surface area contributed by atoms with E-state index in [1.165, 1.54) is 6.26 Å². The zero-order chi connectivity index (χ0) is 11.7. The van der Waals surface area contributed by atoms with E-state index >= 15 is 0 Å². The van der Waals surface area contributed by atoms with Gasteiger partial charge in [-0.25, -0.2) is 8.42 Å². The molecular weight excluding hydrogens is 232 g/mol. The number of hydrogen-bond donors (Lipinski definition) is 0. The first kappa shape index (κ1) is 12.5. The van der Waals surface area contributed by atoms with Gasteiger partial charge in [0.25, 0.3) is 0 Å². The van der Waals surface area contributed by atoms with E-state index in [2.05, 4.69) is 0 Å². The van der Waals surface area contributed by atoms with Gasteiger partial charge < -0.3 is 0 Å². The highest BCUT2D eigenvalue weighted by atomic mass is 35.5. The molecule has 0 bridgehead atoms. The van der Waals surface area contributed by atoms with Crippen LogP contribution in [0.25, 0.3) is 0 Å². The lowest BCUT2D eigenvalue weighted by molar-refractivity contribution is 0.544. The van der Waals surface area contributed by atoms with Gasteiger partial charge in [-0.2, -0.15) is 0 Å². The summed E-state index contributed by atoms with van der Waals surface area (Å²) in [7, 11) is -3.18. The molecular formula is C11H15ClO2S. The molecule has 0 aromatic heterocycles. The number of benzene rings is 1. The Bertz CT molecular complexity index is 423. The van der Waals surface area contributed by atoms with Crippen molar-refractivity contribution in [1.82, 2.24) is 0 Å². The van der Waals surface area contributed by atoms with Crippen LogP contribution < -0.4 is 0 Å². The van der Waals surface area contributed by atoms with Gasteiger partial charge >= 0.3 is 0 Å². The van der Waals surface area contributed by atoms with Crippen molar-refractivity contribution in [2.45, 2.75) is 24.0 Å². The molecule has 1 unspecified atom stereocenters. The Morgan fingerprint density at radius 2 is 1.67 bits per heavy atom. The SMILES string of the molecule is CC(C)(C(Cl)c1ccccc1)S(C)(=O)=O. The van der Waals surface area contributed by atoms with Crippen LogP contribution in [0.5, 0.6) is 0 Å². The summed E-state index contributed by atoms with van der Waals surface area (Å²) in [5.74, 6) is 0. The summed E-state index contributed by atoms with van der Waals surface area (Å²) in [6, 6.07) is 9.25. The first-order valence-electron chi connectivity index (χ1n) is 4.65. The Labute approximate surface area is 96.2 Å². The highest BCUT2D eigenvalue weighted by Gasteiger charge is 2.38. The van der Waals surface area contributed by atoms with Crippen molar-refractivity contribution in [2.75, 3.05) is 6.26 Å². The summed E-state index contributed by atoms with van der Waals surface area (Å²) in [5, 5.41) is -0.534. The van der Waals surface area contributed by atoms with E-state index in [9.17, 15) is 8.42 Å². The van der Waals surface area contributed by atoms with Gasteiger partial charge in [-0.05, 0) is 19.4 Å². The maximum atomic E-state index is 11.6. The minimum atomic E-state index is -3.18. The average molecular weight is 247 g/mol. The molecule has 1 atom stereocenters. The highest BCUT2D eigenvalue weighted by molar-refractivity contribution is 7.92. The van der Waals surface area contributed by atoms with Gasteiger partial charge in [0.2, 0.25) is 0 Å². The van der Waals surface area contributed by atoms with Gasteiger partial charge in [0.15, 0.2) is 9.84 Å². The van der Waals surface area contributed by atoms with E-state index in [4.69, 9.17) is 11.6 Å². The number of rotatable bonds is 3. The van der Waals surface area contributed by atoms with Crippen molar-refractivity contribution < 1.29 is 8.42 Å². The topological polar surface area (TPSA) is 34.1 Å². The molecule has 0 aliphatic carbocycles. The second-order valence-electron chi connectivity index (χ2n) is 4.15. The fraction of sp³-hybridized carbons (Fsp3) is 0.455. The van der Waals surface area contributed by atoms with Crippen LogP contribution in [0.4, 0.5) is 0 Å². The molecule has 2 nitrogen and oxygen atoms in total. The smallest absolute Gasteiger partial charge is 0.154 e. The Kier molecular flexibility index (Phi) is 3.46. The average Bonchev–Trinajstić information content (AvgIpc) is 2.16. The van der Waals surface area contributed by atoms with Crippen molar-refractivity contribution in [2.24, 2.45) is 0 Å². The normalized spacial score (nSPS) is 14.9. The number of alkyl halides is 1. The van der Waals surface area contributed by atoms with E-state index in [0.717, 1.165) is 5.56 Å². The fourth-order valence-electron chi connectivity index (χ4n) is 1.21. The highest BCUT2D eigenvalue weighted by Crippen LogP contribution is 2.37. The van der Waals surface area contributed by atoms with Crippen molar-refractivity contribution in [3.63, 3.8) is 0 Å². The van der Waals surface area contributed by atoms with Gasteiger partial charge in [-0.15, -0.1) is 11.6 Å². The van der Waals surface area contributed by atoms with Crippen LogP contribution >= 0.6 is 11.6 Å². The molecule has 1 aromatic carbocycles. The summed E-state index contributed by atoms with van der Waals surface area (Å²) in [5.41, 5.74) is 0.828. The van der Waals surface area contributed by atoms with Crippen molar-refractivity contribution in [3.8, 4) is 0 Å². The summed E-state index contributed by atoms with van der Waals surface area (Å²) in [4.78, 5) is 0. The Hall–Kier alpha value is -0.540. The molecule has 0 aliphatic rings. The maximum Gasteiger partial charge on any atom is 0.154 e. The lowest BCUT2D eigenvalue weighted by atomic mass is 10.0. The molecule has 0 saturated carbocycles. The number of halogens is 1. The largest absolute Gasteiger partial charge is 0.229 e. The van der Waals surface area contributed by atoms with E-state index in [1.54, 1.807) is 13.8 Å². The van der Waals surface area contributed by atoms with Crippen LogP contribution in [0, 0.1) is 0 Å².